The van der Waals surface area contributed by atoms with Crippen LogP contribution >= 0.6 is 0 Å². The second kappa shape index (κ2) is 3.19. The van der Waals surface area contributed by atoms with Gasteiger partial charge in [0, 0.05) is 18.1 Å². The van der Waals surface area contributed by atoms with Gasteiger partial charge in [0.15, 0.2) is 0 Å². The van der Waals surface area contributed by atoms with Gasteiger partial charge >= 0.3 is 0 Å². The highest BCUT2D eigenvalue weighted by atomic mass is 16.2. The van der Waals surface area contributed by atoms with Gasteiger partial charge in [-0.25, -0.2) is 0 Å². The Hall–Kier alpha value is -1.64. The molecule has 2 unspecified atom stereocenters. The molecule has 0 radical (unpaired) electrons. The number of hydrogen-bond acceptors (Lipinski definition) is 2. The molecule has 0 saturated carbocycles. The van der Waals surface area contributed by atoms with E-state index in [2.05, 4.69) is 0 Å². The fraction of sp³-hybridized carbons (Fsp3) is 0.333. The molecule has 3 nitrogen and oxygen atoms in total. The van der Waals surface area contributed by atoms with Gasteiger partial charge in [-0.1, -0.05) is 31.2 Å². The zero-order chi connectivity index (χ0) is 11.1. The molecule has 3 heteroatoms. The normalized spacial score (nSPS) is 34.3. The van der Waals surface area contributed by atoms with Gasteiger partial charge in [-0.15, -0.1) is 0 Å². The second-order valence-corrected chi connectivity index (χ2v) is 4.10. The summed E-state index contributed by atoms with van der Waals surface area (Å²) in [4.78, 5) is 24.5. The van der Waals surface area contributed by atoms with Crippen molar-refractivity contribution >= 4 is 11.8 Å². The summed E-state index contributed by atoms with van der Waals surface area (Å²) in [5.41, 5.74) is -0.535. The third kappa shape index (κ3) is 1.35. The molecule has 1 heterocycles. The van der Waals surface area contributed by atoms with E-state index >= 15 is 0 Å². The third-order valence-corrected chi connectivity index (χ3v) is 3.16. The van der Waals surface area contributed by atoms with Crippen molar-refractivity contribution in [1.29, 1.82) is 0 Å². The van der Waals surface area contributed by atoms with Crippen molar-refractivity contribution < 1.29 is 9.59 Å². The maximum Gasteiger partial charge on any atom is 0.254 e. The largest absolute Gasteiger partial charge is 0.269 e. The van der Waals surface area contributed by atoms with Gasteiger partial charge < -0.3 is 0 Å². The summed E-state index contributed by atoms with van der Waals surface area (Å²) in [5.74, 6) is -0.320. The molecule has 0 fully saturated rings. The van der Waals surface area contributed by atoms with Gasteiger partial charge in [0.2, 0.25) is 0 Å². The molecule has 0 bridgehead atoms. The Morgan fingerprint density at radius 1 is 1.20 bits per heavy atom. The van der Waals surface area contributed by atoms with Crippen LogP contribution in [0.1, 0.15) is 13.8 Å². The van der Waals surface area contributed by atoms with E-state index in [1.807, 2.05) is 38.2 Å². The lowest BCUT2D eigenvalue weighted by Gasteiger charge is -2.39. The van der Waals surface area contributed by atoms with Crippen molar-refractivity contribution in [2.24, 2.45) is 5.92 Å². The van der Waals surface area contributed by atoms with Crippen LogP contribution < -0.4 is 0 Å². The van der Waals surface area contributed by atoms with Gasteiger partial charge in [-0.2, -0.15) is 0 Å². The van der Waals surface area contributed by atoms with E-state index in [0.717, 1.165) is 0 Å². The van der Waals surface area contributed by atoms with Gasteiger partial charge in [0.1, 0.15) is 0 Å². The number of hydrogen-bond donors (Lipinski definition) is 0. The van der Waals surface area contributed by atoms with Crippen LogP contribution in [0.15, 0.2) is 36.5 Å². The van der Waals surface area contributed by atoms with Crippen molar-refractivity contribution in [3.8, 4) is 0 Å². The minimum atomic E-state index is -0.535. The summed E-state index contributed by atoms with van der Waals surface area (Å²) in [6.07, 6.45) is 10.4. The number of carbonyl (C=O) groups is 2. The van der Waals surface area contributed by atoms with Crippen LogP contribution in [0.25, 0.3) is 0 Å². The van der Waals surface area contributed by atoms with E-state index in [0.29, 0.717) is 0 Å². The lowest BCUT2D eigenvalue weighted by molar-refractivity contribution is -0.142. The maximum absolute atomic E-state index is 11.6. The Kier molecular flexibility index (Phi) is 2.11. The number of nitrogens with zero attached hydrogens (tertiary/aromatic N) is 1. The summed E-state index contributed by atoms with van der Waals surface area (Å²) in [6.45, 7) is 3.90. The van der Waals surface area contributed by atoms with E-state index in [1.165, 1.54) is 17.1 Å². The van der Waals surface area contributed by atoms with Gasteiger partial charge in [-0.3, -0.25) is 14.5 Å². The highest BCUT2D eigenvalue weighted by Gasteiger charge is 2.42. The topological polar surface area (TPSA) is 37.4 Å². The molecule has 1 aliphatic carbocycles. The molecule has 0 spiro atoms. The van der Waals surface area contributed by atoms with Crippen molar-refractivity contribution in [1.82, 2.24) is 4.90 Å². The average Bonchev–Trinajstić information content (AvgIpc) is 2.52. The standard InChI is InChI=1S/C12H13NO2/c1-9-5-3-4-8-12(9,2)13-10(14)6-7-11(13)15/h3-9H,1-2H3. The molecule has 2 aliphatic rings. The quantitative estimate of drug-likeness (QED) is 0.604. The van der Waals surface area contributed by atoms with E-state index in [4.69, 9.17) is 0 Å². The van der Waals surface area contributed by atoms with Crippen LogP contribution in [0, 0.1) is 5.92 Å². The first-order valence-electron chi connectivity index (χ1n) is 4.98. The van der Waals surface area contributed by atoms with Crippen LogP contribution in [0.2, 0.25) is 0 Å². The van der Waals surface area contributed by atoms with Crippen LogP contribution in [0.4, 0.5) is 0 Å². The average molecular weight is 203 g/mol. The van der Waals surface area contributed by atoms with E-state index in [1.54, 1.807) is 0 Å². The monoisotopic (exact) mass is 203 g/mol. The van der Waals surface area contributed by atoms with E-state index in [-0.39, 0.29) is 17.7 Å². The van der Waals surface area contributed by atoms with Gasteiger partial charge in [0.25, 0.3) is 11.8 Å². The predicted molar refractivity (Wildman–Crippen MR) is 56.8 cm³/mol. The Balaban J connectivity index is 2.38. The number of carbonyl (C=O) groups excluding carboxylic acids is 2. The zero-order valence-corrected chi connectivity index (χ0v) is 8.81. The van der Waals surface area contributed by atoms with Crippen LogP contribution in [0.5, 0.6) is 0 Å². The molecule has 2 amide bonds. The lowest BCUT2D eigenvalue weighted by Crippen LogP contribution is -2.52. The first-order valence-corrected chi connectivity index (χ1v) is 4.98. The Morgan fingerprint density at radius 3 is 2.33 bits per heavy atom. The Bertz CT molecular complexity index is 388. The fourth-order valence-electron chi connectivity index (χ4n) is 1.98. The first-order chi connectivity index (χ1) is 7.05. The van der Waals surface area contributed by atoms with Crippen molar-refractivity contribution in [2.45, 2.75) is 19.4 Å². The van der Waals surface area contributed by atoms with Crippen molar-refractivity contribution in [2.75, 3.05) is 0 Å². The number of imide groups is 1. The van der Waals surface area contributed by atoms with Crippen molar-refractivity contribution in [3.05, 3.63) is 36.5 Å². The van der Waals surface area contributed by atoms with Crippen LogP contribution in [-0.2, 0) is 9.59 Å². The summed E-state index contributed by atoms with van der Waals surface area (Å²) >= 11 is 0. The number of allylic oxidation sites excluding steroid dienone is 2. The maximum atomic E-state index is 11.6. The molecule has 0 aromatic heterocycles. The second-order valence-electron chi connectivity index (χ2n) is 4.10. The third-order valence-electron chi connectivity index (χ3n) is 3.16. The molecule has 78 valence electrons. The van der Waals surface area contributed by atoms with Crippen molar-refractivity contribution in [3.63, 3.8) is 0 Å². The highest BCUT2D eigenvalue weighted by molar-refractivity contribution is 6.13. The fourth-order valence-corrected chi connectivity index (χ4v) is 1.98. The first kappa shape index (κ1) is 9.90. The van der Waals surface area contributed by atoms with Gasteiger partial charge in [0.05, 0.1) is 5.54 Å². The summed E-state index contributed by atoms with van der Waals surface area (Å²) in [6, 6.07) is 0. The predicted octanol–water partition coefficient (Wildman–Crippen LogP) is 1.43. The van der Waals surface area contributed by atoms with Crippen LogP contribution in [0.3, 0.4) is 0 Å². The Labute approximate surface area is 88.8 Å². The minimum Gasteiger partial charge on any atom is -0.269 e. The molecule has 15 heavy (non-hydrogen) atoms. The lowest BCUT2D eigenvalue weighted by atomic mass is 9.82. The SMILES string of the molecule is CC1C=CC=CC1(C)N1C(=O)C=CC1=O. The molecule has 0 aromatic carbocycles. The summed E-state index contributed by atoms with van der Waals surface area (Å²) in [5, 5.41) is 0. The summed E-state index contributed by atoms with van der Waals surface area (Å²) < 4.78 is 0. The smallest absolute Gasteiger partial charge is 0.254 e. The molecular formula is C12H13NO2. The zero-order valence-electron chi connectivity index (χ0n) is 8.81. The molecule has 2 atom stereocenters. The highest BCUT2D eigenvalue weighted by Crippen LogP contribution is 2.32. The molecule has 2 rings (SSSR count). The summed E-state index contributed by atoms with van der Waals surface area (Å²) in [7, 11) is 0. The Morgan fingerprint density at radius 2 is 1.80 bits per heavy atom. The molecule has 0 aromatic rings. The van der Waals surface area contributed by atoms with Crippen LogP contribution in [-0.4, -0.2) is 22.3 Å². The molecule has 1 aliphatic heterocycles. The molecular weight excluding hydrogens is 190 g/mol. The number of rotatable bonds is 1. The number of amides is 2. The molecule has 0 saturated heterocycles. The molecule has 0 N–H and O–H groups in total. The van der Waals surface area contributed by atoms with E-state index in [9.17, 15) is 9.59 Å². The van der Waals surface area contributed by atoms with E-state index < -0.39 is 5.54 Å². The van der Waals surface area contributed by atoms with Gasteiger partial charge in [-0.05, 0) is 6.92 Å². The minimum absolute atomic E-state index is 0.135.